The predicted molar refractivity (Wildman–Crippen MR) is 53.0 cm³/mol. The van der Waals surface area contributed by atoms with Gasteiger partial charge in [0.15, 0.2) is 6.10 Å². The molecule has 0 aliphatic heterocycles. The van der Waals surface area contributed by atoms with Crippen molar-refractivity contribution in [3.05, 3.63) is 35.4 Å². The summed E-state index contributed by atoms with van der Waals surface area (Å²) in [6, 6.07) is 8.97. The van der Waals surface area contributed by atoms with Crippen LogP contribution in [0.2, 0.25) is 0 Å². The number of hydrogen-bond donors (Lipinski definition) is 1. The van der Waals surface area contributed by atoms with Crippen LogP contribution in [0.5, 0.6) is 0 Å². The summed E-state index contributed by atoms with van der Waals surface area (Å²) in [6.07, 6.45) is -0.864. The first-order valence-electron chi connectivity index (χ1n) is 4.47. The maximum Gasteiger partial charge on any atom is 0.332 e. The Bertz CT molecular complexity index is 395. The fraction of sp³-hybridized carbons (Fsp3) is 0.273. The molecule has 78 valence electrons. The van der Waals surface area contributed by atoms with Gasteiger partial charge in [0.25, 0.3) is 0 Å². The molecule has 1 atom stereocenters. The van der Waals surface area contributed by atoms with E-state index in [2.05, 4.69) is 0 Å². The number of carboxylic acid groups (broad SMARTS) is 1. The summed E-state index contributed by atoms with van der Waals surface area (Å²) in [5.74, 6) is -1.01. The third-order valence-electron chi connectivity index (χ3n) is 1.97. The fourth-order valence-electron chi connectivity index (χ4n) is 1.04. The zero-order chi connectivity index (χ0) is 11.3. The van der Waals surface area contributed by atoms with Gasteiger partial charge in [-0.25, -0.2) is 4.79 Å². The molecule has 0 aliphatic rings. The van der Waals surface area contributed by atoms with Crippen LogP contribution in [0, 0.1) is 11.3 Å². The van der Waals surface area contributed by atoms with Crippen molar-refractivity contribution in [1.29, 1.82) is 5.26 Å². The van der Waals surface area contributed by atoms with E-state index < -0.39 is 12.1 Å². The quantitative estimate of drug-likeness (QED) is 0.809. The lowest BCUT2D eigenvalue weighted by molar-refractivity contribution is -0.149. The minimum absolute atomic E-state index is 0.136. The van der Waals surface area contributed by atoms with Crippen LogP contribution in [-0.2, 0) is 16.1 Å². The first-order chi connectivity index (χ1) is 7.15. The van der Waals surface area contributed by atoms with Gasteiger partial charge in [0.2, 0.25) is 0 Å². The first-order valence-corrected chi connectivity index (χ1v) is 4.47. The second kappa shape index (κ2) is 5.13. The van der Waals surface area contributed by atoms with E-state index in [0.717, 1.165) is 0 Å². The van der Waals surface area contributed by atoms with E-state index in [9.17, 15) is 4.79 Å². The lowest BCUT2D eigenvalue weighted by Gasteiger charge is -2.08. The minimum atomic E-state index is -1.01. The van der Waals surface area contributed by atoms with Crippen molar-refractivity contribution in [2.24, 2.45) is 0 Å². The Morgan fingerprint density at radius 2 is 2.27 bits per heavy atom. The Labute approximate surface area is 87.7 Å². The van der Waals surface area contributed by atoms with Gasteiger partial charge in [-0.2, -0.15) is 5.26 Å². The van der Waals surface area contributed by atoms with E-state index in [-0.39, 0.29) is 6.61 Å². The van der Waals surface area contributed by atoms with Gasteiger partial charge in [0.1, 0.15) is 0 Å². The molecule has 1 N–H and O–H groups in total. The molecule has 15 heavy (non-hydrogen) atoms. The zero-order valence-electron chi connectivity index (χ0n) is 8.30. The maximum absolute atomic E-state index is 10.5. The topological polar surface area (TPSA) is 70.3 Å². The van der Waals surface area contributed by atoms with Crippen molar-refractivity contribution >= 4 is 5.97 Å². The number of nitrogens with zero attached hydrogens (tertiary/aromatic N) is 1. The lowest BCUT2D eigenvalue weighted by Crippen LogP contribution is -2.19. The largest absolute Gasteiger partial charge is 0.479 e. The monoisotopic (exact) mass is 205 g/mol. The van der Waals surface area contributed by atoms with Crippen LogP contribution in [0.15, 0.2) is 24.3 Å². The Morgan fingerprint density at radius 3 is 2.87 bits per heavy atom. The number of hydrogen-bond acceptors (Lipinski definition) is 3. The Morgan fingerprint density at radius 1 is 1.60 bits per heavy atom. The average molecular weight is 205 g/mol. The van der Waals surface area contributed by atoms with Crippen LogP contribution in [0.1, 0.15) is 18.1 Å². The molecule has 0 spiro atoms. The summed E-state index contributed by atoms with van der Waals surface area (Å²) in [6.45, 7) is 1.59. The van der Waals surface area contributed by atoms with Crippen molar-refractivity contribution < 1.29 is 14.6 Å². The van der Waals surface area contributed by atoms with Gasteiger partial charge in [-0.15, -0.1) is 0 Å². The van der Waals surface area contributed by atoms with Gasteiger partial charge in [0.05, 0.1) is 18.2 Å². The Kier molecular flexibility index (Phi) is 3.83. The molecule has 0 aliphatic carbocycles. The molecule has 0 bridgehead atoms. The molecule has 1 rings (SSSR count). The second-order valence-electron chi connectivity index (χ2n) is 3.06. The van der Waals surface area contributed by atoms with E-state index in [1.165, 1.54) is 6.92 Å². The SMILES string of the molecule is C[C@@H](OCc1ccccc1C#N)C(=O)O. The summed E-state index contributed by atoms with van der Waals surface area (Å²) in [4.78, 5) is 10.5. The Balaban J connectivity index is 2.66. The molecule has 4 nitrogen and oxygen atoms in total. The smallest absolute Gasteiger partial charge is 0.332 e. The molecular formula is C11H11NO3. The van der Waals surface area contributed by atoms with Gasteiger partial charge >= 0.3 is 5.97 Å². The van der Waals surface area contributed by atoms with Gasteiger partial charge in [-0.05, 0) is 18.6 Å². The van der Waals surface area contributed by atoms with Crippen LogP contribution < -0.4 is 0 Å². The highest BCUT2D eigenvalue weighted by molar-refractivity contribution is 5.71. The number of ether oxygens (including phenoxy) is 1. The zero-order valence-corrected chi connectivity index (χ0v) is 8.30. The maximum atomic E-state index is 10.5. The molecule has 0 aromatic heterocycles. The molecule has 0 unspecified atom stereocenters. The first kappa shape index (κ1) is 11.2. The highest BCUT2D eigenvalue weighted by Crippen LogP contribution is 2.09. The fourth-order valence-corrected chi connectivity index (χ4v) is 1.04. The van der Waals surface area contributed by atoms with Crippen LogP contribution in [0.4, 0.5) is 0 Å². The molecule has 0 heterocycles. The van der Waals surface area contributed by atoms with E-state index in [0.29, 0.717) is 11.1 Å². The average Bonchev–Trinajstić information content (AvgIpc) is 2.26. The van der Waals surface area contributed by atoms with Crippen molar-refractivity contribution in [2.75, 3.05) is 0 Å². The van der Waals surface area contributed by atoms with Crippen molar-refractivity contribution in [1.82, 2.24) is 0 Å². The molecule has 0 saturated carbocycles. The van der Waals surface area contributed by atoms with E-state index in [4.69, 9.17) is 15.1 Å². The van der Waals surface area contributed by atoms with Gasteiger partial charge in [-0.1, -0.05) is 18.2 Å². The number of aliphatic carboxylic acids is 1. The van der Waals surface area contributed by atoms with Crippen LogP contribution in [0.25, 0.3) is 0 Å². The second-order valence-corrected chi connectivity index (χ2v) is 3.06. The molecular weight excluding hydrogens is 194 g/mol. The van der Waals surface area contributed by atoms with Crippen molar-refractivity contribution in [2.45, 2.75) is 19.6 Å². The summed E-state index contributed by atoms with van der Waals surface area (Å²) < 4.78 is 5.08. The summed E-state index contributed by atoms with van der Waals surface area (Å²) >= 11 is 0. The summed E-state index contributed by atoms with van der Waals surface area (Å²) in [5.41, 5.74) is 1.21. The highest BCUT2D eigenvalue weighted by atomic mass is 16.5. The molecule has 0 amide bonds. The van der Waals surface area contributed by atoms with Gasteiger partial charge < -0.3 is 9.84 Å². The third kappa shape index (κ3) is 3.08. The number of rotatable bonds is 4. The standard InChI is InChI=1S/C11H11NO3/c1-8(11(13)14)15-7-10-5-3-2-4-9(10)6-12/h2-5,8H,7H2,1H3,(H,13,14)/t8-/m1/s1. The number of nitriles is 1. The number of carboxylic acids is 1. The summed E-state index contributed by atoms with van der Waals surface area (Å²) in [7, 11) is 0. The van der Waals surface area contributed by atoms with E-state index in [1.54, 1.807) is 24.3 Å². The lowest BCUT2D eigenvalue weighted by atomic mass is 10.1. The van der Waals surface area contributed by atoms with Crippen molar-refractivity contribution in [3.63, 3.8) is 0 Å². The minimum Gasteiger partial charge on any atom is -0.479 e. The van der Waals surface area contributed by atoms with Gasteiger partial charge in [0, 0.05) is 0 Å². The molecule has 1 aromatic carbocycles. The molecule has 0 fully saturated rings. The van der Waals surface area contributed by atoms with Crippen LogP contribution in [0.3, 0.4) is 0 Å². The molecule has 0 saturated heterocycles. The molecule has 0 radical (unpaired) electrons. The van der Waals surface area contributed by atoms with E-state index >= 15 is 0 Å². The van der Waals surface area contributed by atoms with Gasteiger partial charge in [-0.3, -0.25) is 0 Å². The predicted octanol–water partition coefficient (Wildman–Crippen LogP) is 1.55. The van der Waals surface area contributed by atoms with Crippen molar-refractivity contribution in [3.8, 4) is 6.07 Å². The number of benzene rings is 1. The summed E-state index contributed by atoms with van der Waals surface area (Å²) in [5, 5.41) is 17.4. The molecule has 1 aromatic rings. The van der Waals surface area contributed by atoms with E-state index in [1.807, 2.05) is 6.07 Å². The van der Waals surface area contributed by atoms with Crippen LogP contribution >= 0.6 is 0 Å². The Hall–Kier alpha value is -1.86. The van der Waals surface area contributed by atoms with Crippen LogP contribution in [-0.4, -0.2) is 17.2 Å². The molecule has 4 heteroatoms. The third-order valence-corrected chi connectivity index (χ3v) is 1.97. The normalized spacial score (nSPS) is 11.7. The highest BCUT2D eigenvalue weighted by Gasteiger charge is 2.11. The number of carbonyl (C=O) groups is 1.